The average molecular weight is 307 g/mol. The molecule has 7 heteroatoms. The fourth-order valence-electron chi connectivity index (χ4n) is 2.27. The van der Waals surface area contributed by atoms with Gasteiger partial charge in [0.25, 0.3) is 0 Å². The molecule has 0 saturated heterocycles. The second-order valence-electron chi connectivity index (χ2n) is 4.74. The van der Waals surface area contributed by atoms with Gasteiger partial charge in [0, 0.05) is 16.8 Å². The van der Waals surface area contributed by atoms with Crippen LogP contribution in [0, 0.1) is 16.7 Å². The number of fused-ring (bicyclic) bond motifs is 3. The number of hydrogen-bond acceptors (Lipinski definition) is 6. The maximum absolute atomic E-state index is 8.88. The predicted molar refractivity (Wildman–Crippen MR) is 88.9 cm³/mol. The maximum Gasteiger partial charge on any atom is 0.201 e. The van der Waals surface area contributed by atoms with Crippen molar-refractivity contribution in [2.75, 3.05) is 12.5 Å². The van der Waals surface area contributed by atoms with E-state index in [2.05, 4.69) is 10.5 Å². The van der Waals surface area contributed by atoms with Gasteiger partial charge in [0.1, 0.15) is 28.7 Å². The SMILES string of the molecule is COc1cc2c(cc1N/N=C(\C#N)C(=N)N)oc1ccccc12. The molecule has 3 aromatic rings. The van der Waals surface area contributed by atoms with Gasteiger partial charge in [-0.15, -0.1) is 0 Å². The zero-order valence-corrected chi connectivity index (χ0v) is 12.3. The molecule has 0 saturated carbocycles. The molecule has 0 aliphatic heterocycles. The standard InChI is InChI=1S/C16H13N5O2/c1-22-15-6-10-9-4-2-3-5-13(9)23-14(10)7-11(15)20-21-12(8-17)16(18)19/h2-7,20H,1H3,(H3,18,19)/b21-12+. The molecule has 0 aliphatic carbocycles. The van der Waals surface area contributed by atoms with Crippen molar-refractivity contribution in [3.05, 3.63) is 36.4 Å². The van der Waals surface area contributed by atoms with Crippen molar-refractivity contribution in [3.63, 3.8) is 0 Å². The first kappa shape index (κ1) is 14.4. The summed E-state index contributed by atoms with van der Waals surface area (Å²) >= 11 is 0. The third kappa shape index (κ3) is 2.53. The summed E-state index contributed by atoms with van der Waals surface area (Å²) in [6, 6.07) is 13.0. The number of furan rings is 1. The number of rotatable bonds is 4. The maximum atomic E-state index is 8.88. The zero-order chi connectivity index (χ0) is 16.4. The van der Waals surface area contributed by atoms with Crippen LogP contribution in [-0.2, 0) is 0 Å². The largest absolute Gasteiger partial charge is 0.494 e. The first-order chi connectivity index (χ1) is 11.1. The number of ether oxygens (including phenoxy) is 1. The van der Waals surface area contributed by atoms with E-state index in [0.29, 0.717) is 17.0 Å². The van der Waals surface area contributed by atoms with E-state index in [1.165, 1.54) is 7.11 Å². The van der Waals surface area contributed by atoms with Gasteiger partial charge in [-0.1, -0.05) is 18.2 Å². The quantitative estimate of drug-likeness (QED) is 0.389. The van der Waals surface area contributed by atoms with E-state index >= 15 is 0 Å². The molecule has 0 aliphatic rings. The zero-order valence-electron chi connectivity index (χ0n) is 12.3. The summed E-state index contributed by atoms with van der Waals surface area (Å²) in [7, 11) is 1.54. The number of anilines is 1. The Morgan fingerprint density at radius 1 is 1.30 bits per heavy atom. The molecule has 1 aromatic heterocycles. The van der Waals surface area contributed by atoms with Crippen LogP contribution in [0.5, 0.6) is 5.75 Å². The van der Waals surface area contributed by atoms with Gasteiger partial charge < -0.3 is 14.9 Å². The van der Waals surface area contributed by atoms with Gasteiger partial charge >= 0.3 is 0 Å². The molecular formula is C16H13N5O2. The number of nitrogens with zero attached hydrogens (tertiary/aromatic N) is 2. The van der Waals surface area contributed by atoms with Crippen LogP contribution in [0.1, 0.15) is 0 Å². The number of hydrogen-bond donors (Lipinski definition) is 3. The first-order valence-electron chi connectivity index (χ1n) is 6.71. The Morgan fingerprint density at radius 3 is 2.78 bits per heavy atom. The Kier molecular flexibility index (Phi) is 3.57. The van der Waals surface area contributed by atoms with Gasteiger partial charge in [-0.2, -0.15) is 10.4 Å². The van der Waals surface area contributed by atoms with Crippen LogP contribution < -0.4 is 15.9 Å². The van der Waals surface area contributed by atoms with Crippen molar-refractivity contribution < 1.29 is 9.15 Å². The van der Waals surface area contributed by atoms with Crippen LogP contribution in [-0.4, -0.2) is 18.7 Å². The average Bonchev–Trinajstić information content (AvgIpc) is 2.91. The third-order valence-corrected chi connectivity index (χ3v) is 3.35. The number of nitrogens with two attached hydrogens (primary N) is 1. The van der Waals surface area contributed by atoms with Crippen molar-refractivity contribution in [1.29, 1.82) is 10.7 Å². The van der Waals surface area contributed by atoms with Gasteiger partial charge in [0.05, 0.1) is 7.11 Å². The molecule has 2 aromatic carbocycles. The number of hydrazone groups is 1. The normalized spacial score (nSPS) is 11.4. The molecule has 0 bridgehead atoms. The van der Waals surface area contributed by atoms with E-state index in [1.807, 2.05) is 30.3 Å². The number of para-hydroxylation sites is 1. The minimum atomic E-state index is -0.413. The lowest BCUT2D eigenvalue weighted by Crippen LogP contribution is -2.21. The summed E-state index contributed by atoms with van der Waals surface area (Å²) in [4.78, 5) is 0. The first-order valence-corrected chi connectivity index (χ1v) is 6.71. The number of nitriles is 1. The number of nitrogens with one attached hydrogen (secondary N) is 2. The highest BCUT2D eigenvalue weighted by molar-refractivity contribution is 6.45. The summed E-state index contributed by atoms with van der Waals surface area (Å²) < 4.78 is 11.2. The van der Waals surface area contributed by atoms with Crippen LogP contribution in [0.15, 0.2) is 45.9 Å². The minimum absolute atomic E-state index is 0.211. The van der Waals surface area contributed by atoms with E-state index in [0.717, 1.165) is 16.4 Å². The smallest absolute Gasteiger partial charge is 0.201 e. The van der Waals surface area contributed by atoms with Gasteiger partial charge in [0.2, 0.25) is 5.71 Å². The molecule has 0 spiro atoms. The predicted octanol–water partition coefficient (Wildman–Crippen LogP) is 2.82. The van der Waals surface area contributed by atoms with Gasteiger partial charge in [-0.05, 0) is 12.1 Å². The van der Waals surface area contributed by atoms with E-state index in [1.54, 1.807) is 12.1 Å². The molecule has 0 radical (unpaired) electrons. The monoisotopic (exact) mass is 307 g/mol. The third-order valence-electron chi connectivity index (χ3n) is 3.35. The Bertz CT molecular complexity index is 981. The lowest BCUT2D eigenvalue weighted by atomic mass is 10.1. The lowest BCUT2D eigenvalue weighted by molar-refractivity contribution is 0.417. The van der Waals surface area contributed by atoms with E-state index < -0.39 is 5.84 Å². The Balaban J connectivity index is 2.12. The highest BCUT2D eigenvalue weighted by atomic mass is 16.5. The molecule has 0 amide bonds. The summed E-state index contributed by atoms with van der Waals surface area (Å²) in [6.07, 6.45) is 0. The van der Waals surface area contributed by atoms with Crippen LogP contribution in [0.3, 0.4) is 0 Å². The molecule has 3 rings (SSSR count). The highest BCUT2D eigenvalue weighted by Gasteiger charge is 2.12. The molecule has 0 atom stereocenters. The fourth-order valence-corrected chi connectivity index (χ4v) is 2.27. The van der Waals surface area contributed by atoms with Crippen molar-refractivity contribution in [2.24, 2.45) is 10.8 Å². The van der Waals surface area contributed by atoms with E-state index in [4.69, 9.17) is 25.6 Å². The fraction of sp³-hybridized carbons (Fsp3) is 0.0625. The Labute approximate surface area is 131 Å². The van der Waals surface area contributed by atoms with Gasteiger partial charge in [-0.3, -0.25) is 10.8 Å². The Hall–Kier alpha value is -3.53. The van der Waals surface area contributed by atoms with Crippen molar-refractivity contribution in [1.82, 2.24) is 0 Å². The van der Waals surface area contributed by atoms with Crippen molar-refractivity contribution >= 4 is 39.2 Å². The molecular weight excluding hydrogens is 294 g/mol. The molecule has 0 unspecified atom stereocenters. The number of amidine groups is 1. The number of methoxy groups -OCH3 is 1. The van der Waals surface area contributed by atoms with Crippen LogP contribution in [0.2, 0.25) is 0 Å². The second kappa shape index (κ2) is 5.69. The van der Waals surface area contributed by atoms with Crippen LogP contribution in [0.25, 0.3) is 21.9 Å². The minimum Gasteiger partial charge on any atom is -0.494 e. The van der Waals surface area contributed by atoms with Crippen molar-refractivity contribution in [3.8, 4) is 11.8 Å². The molecule has 1 heterocycles. The van der Waals surface area contributed by atoms with E-state index in [9.17, 15) is 0 Å². The molecule has 7 nitrogen and oxygen atoms in total. The summed E-state index contributed by atoms with van der Waals surface area (Å²) in [6.45, 7) is 0. The highest BCUT2D eigenvalue weighted by Crippen LogP contribution is 2.36. The number of benzene rings is 2. The van der Waals surface area contributed by atoms with Crippen LogP contribution in [0.4, 0.5) is 5.69 Å². The van der Waals surface area contributed by atoms with Crippen LogP contribution >= 0.6 is 0 Å². The summed E-state index contributed by atoms with van der Waals surface area (Å²) in [5.74, 6) is 0.123. The summed E-state index contributed by atoms with van der Waals surface area (Å²) in [5, 5.41) is 21.8. The van der Waals surface area contributed by atoms with Crippen molar-refractivity contribution in [2.45, 2.75) is 0 Å². The molecule has 114 valence electrons. The Morgan fingerprint density at radius 2 is 2.09 bits per heavy atom. The van der Waals surface area contributed by atoms with Gasteiger partial charge in [0.15, 0.2) is 5.84 Å². The summed E-state index contributed by atoms with van der Waals surface area (Å²) in [5.41, 5.74) is 9.68. The lowest BCUT2D eigenvalue weighted by Gasteiger charge is -2.08. The van der Waals surface area contributed by atoms with E-state index in [-0.39, 0.29) is 5.71 Å². The molecule has 4 N–H and O–H groups in total. The molecule has 0 fully saturated rings. The molecule has 23 heavy (non-hydrogen) atoms. The topological polar surface area (TPSA) is 120 Å². The second-order valence-corrected chi connectivity index (χ2v) is 4.74. The van der Waals surface area contributed by atoms with Gasteiger partial charge in [-0.25, -0.2) is 0 Å².